The van der Waals surface area contributed by atoms with Gasteiger partial charge in [0.1, 0.15) is 11.0 Å². The molecule has 1 aromatic rings. The summed E-state index contributed by atoms with van der Waals surface area (Å²) in [6, 6.07) is 7.85. The molecule has 30 heavy (non-hydrogen) atoms. The van der Waals surface area contributed by atoms with Crippen molar-refractivity contribution in [1.29, 1.82) is 0 Å². The van der Waals surface area contributed by atoms with Gasteiger partial charge in [-0.1, -0.05) is 32.9 Å². The Morgan fingerprint density at radius 2 is 1.63 bits per heavy atom. The highest BCUT2D eigenvalue weighted by atomic mass is 32.2. The molecule has 0 N–H and O–H groups in total. The summed E-state index contributed by atoms with van der Waals surface area (Å²) < 4.78 is 15.7. The molecule has 0 amide bonds. The van der Waals surface area contributed by atoms with Gasteiger partial charge in [-0.2, -0.15) is 0 Å². The molecule has 6 heteroatoms. The van der Waals surface area contributed by atoms with E-state index in [4.69, 9.17) is 14.2 Å². The number of hydrogen-bond donors (Lipinski definition) is 0. The summed E-state index contributed by atoms with van der Waals surface area (Å²) in [6.07, 6.45) is 2.20. The number of hydrogen-bond acceptors (Lipinski definition) is 6. The molecule has 0 radical (unpaired) electrons. The van der Waals surface area contributed by atoms with Crippen molar-refractivity contribution in [2.75, 3.05) is 21.3 Å². The van der Waals surface area contributed by atoms with Gasteiger partial charge in [0.2, 0.25) is 0 Å². The lowest BCUT2D eigenvalue weighted by Gasteiger charge is -2.42. The predicted molar refractivity (Wildman–Crippen MR) is 116 cm³/mol. The zero-order valence-corrected chi connectivity index (χ0v) is 19.3. The first-order chi connectivity index (χ1) is 14.2. The summed E-state index contributed by atoms with van der Waals surface area (Å²) in [5, 5.41) is -0.625. The number of carbonyl (C=O) groups excluding carboxylic acids is 2. The summed E-state index contributed by atoms with van der Waals surface area (Å²) in [5.74, 6) is -0.436. The molecule has 3 aliphatic rings. The molecule has 0 spiro atoms. The predicted octanol–water partition coefficient (Wildman–Crippen LogP) is 4.57. The van der Waals surface area contributed by atoms with Gasteiger partial charge >= 0.3 is 11.9 Å². The number of benzene rings is 1. The molecule has 1 heterocycles. The van der Waals surface area contributed by atoms with E-state index in [1.807, 2.05) is 24.3 Å². The van der Waals surface area contributed by atoms with Crippen LogP contribution in [0.2, 0.25) is 0 Å². The van der Waals surface area contributed by atoms with E-state index in [9.17, 15) is 9.59 Å². The largest absolute Gasteiger partial charge is 0.497 e. The van der Waals surface area contributed by atoms with Crippen LogP contribution in [0.1, 0.15) is 45.1 Å². The number of allylic oxidation sites excluding steroid dienone is 2. The van der Waals surface area contributed by atoms with Gasteiger partial charge < -0.3 is 14.2 Å². The average molecular weight is 431 g/mol. The molecular weight excluding hydrogens is 400 g/mol. The van der Waals surface area contributed by atoms with Gasteiger partial charge in [0.25, 0.3) is 0 Å². The molecule has 2 bridgehead atoms. The van der Waals surface area contributed by atoms with E-state index in [1.54, 1.807) is 7.11 Å². The minimum atomic E-state index is -0.627. The van der Waals surface area contributed by atoms with Crippen molar-refractivity contribution < 1.29 is 23.8 Å². The van der Waals surface area contributed by atoms with E-state index in [-0.39, 0.29) is 28.7 Å². The third-order valence-corrected chi connectivity index (χ3v) is 9.67. The number of rotatable bonds is 4. The molecular formula is C24H30O5S. The van der Waals surface area contributed by atoms with Gasteiger partial charge in [0.05, 0.1) is 27.2 Å². The zero-order valence-electron chi connectivity index (χ0n) is 18.5. The second-order valence-corrected chi connectivity index (χ2v) is 10.4. The quantitative estimate of drug-likeness (QED) is 0.652. The minimum Gasteiger partial charge on any atom is -0.497 e. The maximum Gasteiger partial charge on any atom is 0.320 e. The highest BCUT2D eigenvalue weighted by Crippen LogP contribution is 2.74. The molecule has 1 aliphatic heterocycles. The van der Waals surface area contributed by atoms with E-state index >= 15 is 0 Å². The van der Waals surface area contributed by atoms with Crippen LogP contribution in [0.5, 0.6) is 5.75 Å². The minimum absolute atomic E-state index is 0.00422. The Balaban J connectivity index is 1.93. The Morgan fingerprint density at radius 3 is 2.20 bits per heavy atom. The van der Waals surface area contributed by atoms with Gasteiger partial charge in [-0.25, -0.2) is 0 Å². The normalized spacial score (nSPS) is 33.8. The first-order valence-corrected chi connectivity index (χ1v) is 11.3. The first kappa shape index (κ1) is 21.3. The van der Waals surface area contributed by atoms with E-state index < -0.39 is 11.2 Å². The highest BCUT2D eigenvalue weighted by Gasteiger charge is 2.65. The van der Waals surface area contributed by atoms with Crippen LogP contribution in [0, 0.1) is 22.7 Å². The number of fused-ring (bicyclic) bond motifs is 4. The molecule has 5 nitrogen and oxygen atoms in total. The number of carbonyl (C=O) groups is 2. The molecule has 5 atom stereocenters. The van der Waals surface area contributed by atoms with Crippen LogP contribution in [-0.2, 0) is 19.1 Å². The summed E-state index contributed by atoms with van der Waals surface area (Å²) in [6.45, 7) is 6.98. The third kappa shape index (κ3) is 2.75. The monoisotopic (exact) mass is 430 g/mol. The lowest BCUT2D eigenvalue weighted by molar-refractivity contribution is -0.152. The summed E-state index contributed by atoms with van der Waals surface area (Å²) in [5.41, 5.74) is 2.40. The van der Waals surface area contributed by atoms with Crippen molar-refractivity contribution in [1.82, 2.24) is 0 Å². The van der Waals surface area contributed by atoms with Crippen molar-refractivity contribution in [3.05, 3.63) is 40.3 Å². The molecule has 162 valence electrons. The molecule has 0 unspecified atom stereocenters. The average Bonchev–Trinajstić information content (AvgIpc) is 3.09. The zero-order chi connectivity index (χ0) is 21.8. The maximum absolute atomic E-state index is 13.0. The van der Waals surface area contributed by atoms with Crippen molar-refractivity contribution >= 4 is 23.7 Å². The first-order valence-electron chi connectivity index (χ1n) is 10.4. The summed E-state index contributed by atoms with van der Waals surface area (Å²) >= 11 is 1.54. The van der Waals surface area contributed by atoms with Gasteiger partial charge in [0, 0.05) is 11.3 Å². The smallest absolute Gasteiger partial charge is 0.320 e. The van der Waals surface area contributed by atoms with E-state index in [0.29, 0.717) is 5.92 Å². The van der Waals surface area contributed by atoms with Crippen LogP contribution < -0.4 is 4.74 Å². The molecule has 0 saturated heterocycles. The lowest BCUT2D eigenvalue weighted by atomic mass is 9.69. The van der Waals surface area contributed by atoms with Gasteiger partial charge in [-0.05, 0) is 52.3 Å². The lowest BCUT2D eigenvalue weighted by Crippen LogP contribution is -2.43. The number of thioether (sulfide) groups is 1. The van der Waals surface area contributed by atoms with Crippen LogP contribution in [0.15, 0.2) is 34.7 Å². The van der Waals surface area contributed by atoms with Crippen molar-refractivity contribution in [3.8, 4) is 5.75 Å². The van der Waals surface area contributed by atoms with Gasteiger partial charge in [-0.3, -0.25) is 9.59 Å². The molecule has 4 rings (SSSR count). The van der Waals surface area contributed by atoms with E-state index in [2.05, 4.69) is 20.8 Å². The molecule has 1 saturated carbocycles. The molecule has 1 fully saturated rings. The van der Waals surface area contributed by atoms with Gasteiger partial charge in [0.15, 0.2) is 0 Å². The Morgan fingerprint density at radius 1 is 1.00 bits per heavy atom. The van der Waals surface area contributed by atoms with Gasteiger partial charge in [-0.15, -0.1) is 11.8 Å². The Labute approximate surface area is 182 Å². The van der Waals surface area contributed by atoms with E-state index in [0.717, 1.165) is 24.2 Å². The standard InChI is InChI=1S/C24H30O5S/c1-23(2)15-11-12-24(23,3)20-17(15)16(13-7-9-14(27-4)10-8-13)18(21(25)28-5)19(30-20)22(26)29-6/h7-10,15-16,18-19H,11-12H2,1-6H3/t15-,16+,18+,19-,24+/m1/s1. The van der Waals surface area contributed by atoms with Crippen molar-refractivity contribution in [2.45, 2.75) is 44.8 Å². The fraction of sp³-hybridized carbons (Fsp3) is 0.583. The summed E-state index contributed by atoms with van der Waals surface area (Å²) in [7, 11) is 4.41. The van der Waals surface area contributed by atoms with Crippen LogP contribution >= 0.6 is 11.8 Å². The summed E-state index contributed by atoms with van der Waals surface area (Å²) in [4.78, 5) is 27.2. The van der Waals surface area contributed by atoms with Crippen molar-refractivity contribution in [3.63, 3.8) is 0 Å². The molecule has 0 aromatic heterocycles. The third-order valence-electron chi connectivity index (χ3n) is 8.01. The Bertz CT molecular complexity index is 903. The topological polar surface area (TPSA) is 61.8 Å². The Kier molecular flexibility index (Phi) is 5.20. The van der Waals surface area contributed by atoms with Crippen LogP contribution in [0.25, 0.3) is 0 Å². The molecule has 1 aromatic carbocycles. The van der Waals surface area contributed by atoms with Crippen LogP contribution in [0.4, 0.5) is 0 Å². The SMILES string of the molecule is COC(=O)[C@H]1[C@@H](c2ccc(OC)cc2)C2=C(S[C@H]1C(=O)OC)[C@]1(C)CC[C@H]2C1(C)C. The fourth-order valence-corrected chi connectivity index (χ4v) is 7.85. The highest BCUT2D eigenvalue weighted by molar-refractivity contribution is 8.04. The number of ether oxygens (including phenoxy) is 3. The Hall–Kier alpha value is -1.95. The number of esters is 2. The van der Waals surface area contributed by atoms with Crippen LogP contribution in [-0.4, -0.2) is 38.5 Å². The van der Waals surface area contributed by atoms with E-state index in [1.165, 1.54) is 36.5 Å². The van der Waals surface area contributed by atoms with Crippen molar-refractivity contribution in [2.24, 2.45) is 22.7 Å². The fourth-order valence-electron chi connectivity index (χ4n) is 5.96. The molecule has 2 aliphatic carbocycles. The second kappa shape index (κ2) is 7.33. The maximum atomic E-state index is 13.0. The second-order valence-electron chi connectivity index (χ2n) is 9.29. The van der Waals surface area contributed by atoms with Crippen LogP contribution in [0.3, 0.4) is 0 Å². The number of methoxy groups -OCH3 is 3.